The number of nitriles is 1. The summed E-state index contributed by atoms with van der Waals surface area (Å²) in [5, 5.41) is 29.0. The molecule has 5 aliphatic heterocycles. The van der Waals surface area contributed by atoms with Gasteiger partial charge in [-0.1, -0.05) is 0 Å². The number of nitrogens with one attached hydrogen (secondary N) is 1. The maximum Gasteiger partial charge on any atom is 0.410 e. The molecule has 3 saturated heterocycles. The van der Waals surface area contributed by atoms with E-state index in [1.165, 1.54) is 49.6 Å². The van der Waals surface area contributed by atoms with Crippen LogP contribution in [0.4, 0.5) is 22.8 Å². The van der Waals surface area contributed by atoms with E-state index in [0.29, 0.717) is 132 Å². The van der Waals surface area contributed by atoms with Gasteiger partial charge >= 0.3 is 12.2 Å². The van der Waals surface area contributed by atoms with Gasteiger partial charge in [0.2, 0.25) is 0 Å². The molecular formula is C66H71F3N22O4. The number of piperidine rings is 3. The Bertz CT molecular complexity index is 4500. The summed E-state index contributed by atoms with van der Waals surface area (Å²) >= 11 is 0. The summed E-state index contributed by atoms with van der Waals surface area (Å²) < 4.78 is 57.4. The number of hydrogen-bond donors (Lipinski definition) is 1. The highest BCUT2D eigenvalue weighted by atomic mass is 19.1. The van der Waals surface area contributed by atoms with Crippen LogP contribution in [0.15, 0.2) is 122 Å². The lowest BCUT2D eigenvalue weighted by molar-refractivity contribution is 0.0156. The first kappa shape index (κ1) is 64.7. The molecule has 26 nitrogen and oxygen atoms in total. The van der Waals surface area contributed by atoms with E-state index < -0.39 is 17.0 Å². The molecule has 0 aromatic carbocycles. The van der Waals surface area contributed by atoms with E-state index in [0.717, 1.165) is 56.6 Å². The summed E-state index contributed by atoms with van der Waals surface area (Å²) in [7, 11) is 0. The highest BCUT2D eigenvalue weighted by Gasteiger charge is 2.31. The van der Waals surface area contributed by atoms with E-state index in [2.05, 4.69) is 76.7 Å². The first-order valence-corrected chi connectivity index (χ1v) is 31.7. The Labute approximate surface area is 544 Å². The Morgan fingerprint density at radius 2 is 0.968 bits per heavy atom. The zero-order chi connectivity index (χ0) is 66.4. The molecule has 5 aliphatic rings. The number of fused-ring (bicyclic) bond motifs is 3. The van der Waals surface area contributed by atoms with Crippen LogP contribution < -0.4 is 5.32 Å². The Kier molecular flexibility index (Phi) is 19.1. The van der Waals surface area contributed by atoms with Crippen LogP contribution in [0.2, 0.25) is 0 Å². The average molecular weight is 1290 g/mol. The van der Waals surface area contributed by atoms with Gasteiger partial charge in [0.05, 0.1) is 18.6 Å². The van der Waals surface area contributed by atoms with Gasteiger partial charge in [0, 0.05) is 61.9 Å². The van der Waals surface area contributed by atoms with Crippen LogP contribution in [-0.4, -0.2) is 156 Å². The number of aromatic nitrogens is 12. The van der Waals surface area contributed by atoms with E-state index in [4.69, 9.17) is 19.4 Å². The van der Waals surface area contributed by atoms with Gasteiger partial charge in [0.15, 0.2) is 42.5 Å². The zero-order valence-electron chi connectivity index (χ0n) is 53.6. The minimum atomic E-state index is -0.541. The maximum atomic E-state index is 13.9. The van der Waals surface area contributed by atoms with Crippen LogP contribution in [0.5, 0.6) is 0 Å². The topological polar surface area (TPSA) is 298 Å². The van der Waals surface area contributed by atoms with Crippen LogP contribution in [0.25, 0.3) is 51.5 Å². The molecule has 29 heteroatoms. The molecule has 95 heavy (non-hydrogen) atoms. The first-order valence-electron chi connectivity index (χ1n) is 31.7. The van der Waals surface area contributed by atoms with Crippen molar-refractivity contribution in [2.24, 2.45) is 48.2 Å². The molecule has 0 spiro atoms. The van der Waals surface area contributed by atoms with Crippen LogP contribution in [0.3, 0.4) is 0 Å². The van der Waals surface area contributed by atoms with E-state index in [9.17, 15) is 28.0 Å². The largest absolute Gasteiger partial charge is 0.444 e. The normalized spacial score (nSPS) is 18.0. The molecule has 9 aromatic rings. The molecule has 0 radical (unpaired) electrons. The van der Waals surface area contributed by atoms with Crippen molar-refractivity contribution in [2.45, 2.75) is 111 Å². The lowest BCUT2D eigenvalue weighted by Crippen LogP contribution is -2.43. The number of ether oxygens (including phenoxy) is 2. The smallest absolute Gasteiger partial charge is 0.410 e. The third kappa shape index (κ3) is 16.2. The molecule has 490 valence electrons. The van der Waals surface area contributed by atoms with Gasteiger partial charge in [0.25, 0.3) is 0 Å². The molecule has 0 aliphatic carbocycles. The summed E-state index contributed by atoms with van der Waals surface area (Å²) in [6.45, 7) is 16.3. The summed E-state index contributed by atoms with van der Waals surface area (Å²) in [5.74, 6) is 1.94. The van der Waals surface area contributed by atoms with Crippen molar-refractivity contribution < 1.29 is 32.2 Å². The van der Waals surface area contributed by atoms with Crippen molar-refractivity contribution in [1.29, 1.82) is 5.26 Å². The standard InChI is InChI=1S/C24H27FN8O2.C23H25FN6O2.C19H19FN8/c1-24(2,3)35-23(34)32-8-4-5-15(12-32)9-17-10-18(21-27-14-28-31-21)30-22(29-17)19-11-26-20-7-6-16(25)13-33(19)20;1-23(2,3)32-22(31)29-8-4-5-15(13-29)9-17-10-18(11-25)28-21(27-17)19-12-26-20-7-6-16(24)14-30(19)20;20-13-3-4-17-22-9-16(28(17)10-13)19-25-14(6-12-2-1-5-21-8-12)7-15(26-19)18-23-11-24-27-18/h6-7,10-11,13,15H,4-5,8-9,12,14H2,1-3H3;6-7,10,12,14-15H,4-5,8-9,13H2,1-3H3;3-4,7,9-10,12,21H,1-2,5-6,8,11H2/t2*15-;12-/m000/s1. The second-order valence-electron chi connectivity index (χ2n) is 25.9. The summed E-state index contributed by atoms with van der Waals surface area (Å²) in [6, 6.07) is 16.4. The highest BCUT2D eigenvalue weighted by molar-refractivity contribution is 5.99. The van der Waals surface area contributed by atoms with Crippen molar-refractivity contribution in [3.63, 3.8) is 0 Å². The number of amidine groups is 2. The van der Waals surface area contributed by atoms with Gasteiger partial charge in [-0.05, 0) is 185 Å². The van der Waals surface area contributed by atoms with Gasteiger partial charge in [-0.25, -0.2) is 77.6 Å². The molecule has 14 rings (SSSR count). The number of imidazole rings is 3. The third-order valence-electron chi connectivity index (χ3n) is 16.1. The Morgan fingerprint density at radius 3 is 1.36 bits per heavy atom. The molecule has 0 bridgehead atoms. The number of pyridine rings is 3. The maximum absolute atomic E-state index is 13.9. The van der Waals surface area contributed by atoms with Crippen molar-refractivity contribution in [1.82, 2.24) is 73.2 Å². The highest BCUT2D eigenvalue weighted by Crippen LogP contribution is 2.29. The van der Waals surface area contributed by atoms with Crippen LogP contribution in [0.1, 0.15) is 114 Å². The summed E-state index contributed by atoms with van der Waals surface area (Å²) in [5.41, 5.74) is 6.27. The molecule has 2 amide bonds. The number of rotatable bonds is 11. The monoisotopic (exact) mass is 1290 g/mol. The second-order valence-corrected chi connectivity index (χ2v) is 25.9. The minimum Gasteiger partial charge on any atom is -0.444 e. The van der Waals surface area contributed by atoms with E-state index in [-0.39, 0.29) is 48.0 Å². The van der Waals surface area contributed by atoms with E-state index in [1.54, 1.807) is 65.9 Å². The predicted molar refractivity (Wildman–Crippen MR) is 344 cm³/mol. The molecule has 0 unspecified atom stereocenters. The lowest BCUT2D eigenvalue weighted by Gasteiger charge is -2.34. The number of hydrogen-bond acceptors (Lipinski definition) is 21. The van der Waals surface area contributed by atoms with Gasteiger partial charge < -0.3 is 24.6 Å². The predicted octanol–water partition coefficient (Wildman–Crippen LogP) is 10.9. The van der Waals surface area contributed by atoms with Crippen molar-refractivity contribution in [3.05, 3.63) is 143 Å². The number of azo groups is 2. The number of carbonyl (C=O) groups excluding carboxylic acids is 2. The lowest BCUT2D eigenvalue weighted by atomic mass is 9.93. The van der Waals surface area contributed by atoms with Gasteiger partial charge in [-0.2, -0.15) is 15.5 Å². The number of aliphatic imine (C=N–C) groups is 2. The Balaban J connectivity index is 0.000000137. The average Bonchev–Trinajstić information content (AvgIpc) is 1.72. The van der Waals surface area contributed by atoms with Crippen molar-refractivity contribution in [3.8, 4) is 40.6 Å². The number of nitrogens with zero attached hydrogens (tertiary/aromatic N) is 21. The van der Waals surface area contributed by atoms with Crippen LogP contribution in [0, 0.1) is 46.5 Å². The first-order chi connectivity index (χ1) is 45.7. The fraction of sp³-hybridized carbons (Fsp3) is 0.424. The van der Waals surface area contributed by atoms with Gasteiger partial charge in [0.1, 0.15) is 85.8 Å². The quantitative estimate of drug-likeness (QED) is 0.126. The van der Waals surface area contributed by atoms with Gasteiger partial charge in [-0.15, -0.1) is 10.2 Å². The Morgan fingerprint density at radius 1 is 0.558 bits per heavy atom. The summed E-state index contributed by atoms with van der Waals surface area (Å²) in [4.78, 5) is 77.9. The molecule has 0 saturated carbocycles. The number of carbonyl (C=O) groups is 2. The molecule has 14 heterocycles. The number of likely N-dealkylation sites (tertiary alicyclic amines) is 2. The minimum absolute atomic E-state index is 0.185. The fourth-order valence-electron chi connectivity index (χ4n) is 12.0. The summed E-state index contributed by atoms with van der Waals surface area (Å²) in [6.07, 6.45) is 16.4. The molecular weight excluding hydrogens is 1220 g/mol. The molecule has 9 aromatic heterocycles. The van der Waals surface area contributed by atoms with Crippen LogP contribution >= 0.6 is 0 Å². The van der Waals surface area contributed by atoms with Crippen LogP contribution in [-0.2, 0) is 28.7 Å². The molecule has 3 atom stereocenters. The Hall–Kier alpha value is -10.4. The molecule has 3 fully saturated rings. The number of halogens is 3. The van der Waals surface area contributed by atoms with Crippen molar-refractivity contribution >= 4 is 40.8 Å². The second kappa shape index (κ2) is 28.1. The van der Waals surface area contributed by atoms with E-state index in [1.807, 2.05) is 53.7 Å². The zero-order valence-corrected chi connectivity index (χ0v) is 53.6. The van der Waals surface area contributed by atoms with Gasteiger partial charge in [-0.3, -0.25) is 13.2 Å². The SMILES string of the molecule is CC(C)(C)OC(=O)N1CCC[C@@H](Cc2cc(C#N)nc(-c3cnc4ccc(F)cn34)n2)C1.CC(C)(C)OC(=O)N1CCC[C@@H](Cc2cc(C3=NCN=N3)nc(-c3cnc4ccc(F)cn34)n2)C1.Fc1ccc2ncc(-c3nc(C[C@@H]4CCCNC4)cc(C4=NCN=N4)n3)n2c1. The molecule has 1 N–H and O–H groups in total. The number of amides is 2. The van der Waals surface area contributed by atoms with E-state index >= 15 is 0 Å². The third-order valence-corrected chi connectivity index (χ3v) is 16.1. The van der Waals surface area contributed by atoms with Crippen molar-refractivity contribution in [2.75, 3.05) is 52.6 Å². The fourth-order valence-corrected chi connectivity index (χ4v) is 12.0.